The Hall–Kier alpha value is -3.87. The van der Waals surface area contributed by atoms with Gasteiger partial charge >= 0.3 is 5.97 Å². The molecule has 3 aromatic rings. The number of aliphatic hydroxyl groups is 1. The van der Waals surface area contributed by atoms with Crippen LogP contribution in [0.15, 0.2) is 42.5 Å². The van der Waals surface area contributed by atoms with Gasteiger partial charge in [-0.2, -0.15) is 5.26 Å². The molecule has 0 fully saturated rings. The Morgan fingerprint density at radius 3 is 2.61 bits per heavy atom. The number of nitriles is 1. The SMILES string of the molecule is CC(C)OCC(O)COc1cccc2cc(C(=O)Nc3ccc(C#N)cc3C(=O)O)n(C)c12. The largest absolute Gasteiger partial charge is 0.489 e. The third-order valence-corrected chi connectivity index (χ3v) is 4.93. The van der Waals surface area contributed by atoms with Crippen LogP contribution in [0.2, 0.25) is 0 Å². The lowest BCUT2D eigenvalue weighted by Crippen LogP contribution is -2.25. The average Bonchev–Trinajstić information content (AvgIpc) is 3.13. The molecule has 9 heteroatoms. The zero-order valence-electron chi connectivity index (χ0n) is 18.5. The molecular formula is C24H25N3O6. The Labute approximate surface area is 190 Å². The maximum Gasteiger partial charge on any atom is 0.337 e. The van der Waals surface area contributed by atoms with Crippen LogP contribution in [-0.4, -0.2) is 52.1 Å². The third kappa shape index (κ3) is 5.49. The van der Waals surface area contributed by atoms with Crippen molar-refractivity contribution in [3.05, 3.63) is 59.3 Å². The number of aryl methyl sites for hydroxylation is 1. The van der Waals surface area contributed by atoms with Gasteiger partial charge in [-0.15, -0.1) is 0 Å². The molecule has 0 saturated carbocycles. The molecule has 3 N–H and O–H groups in total. The Morgan fingerprint density at radius 2 is 1.94 bits per heavy atom. The van der Waals surface area contributed by atoms with Crippen molar-refractivity contribution in [3.8, 4) is 11.8 Å². The molecule has 2 aromatic carbocycles. The van der Waals surface area contributed by atoms with Gasteiger partial charge in [0.1, 0.15) is 24.2 Å². The van der Waals surface area contributed by atoms with E-state index in [1.807, 2.05) is 26.0 Å². The molecule has 1 aromatic heterocycles. The Kier molecular flexibility index (Phi) is 7.33. The highest BCUT2D eigenvalue weighted by Gasteiger charge is 2.20. The average molecular weight is 451 g/mol. The number of para-hydroxylation sites is 1. The molecule has 0 spiro atoms. The van der Waals surface area contributed by atoms with E-state index in [2.05, 4.69) is 5.32 Å². The summed E-state index contributed by atoms with van der Waals surface area (Å²) in [6.45, 7) is 3.92. The molecule has 0 saturated heterocycles. The van der Waals surface area contributed by atoms with E-state index in [1.165, 1.54) is 18.2 Å². The van der Waals surface area contributed by atoms with Gasteiger partial charge in [0.25, 0.3) is 5.91 Å². The Bertz CT molecular complexity index is 1220. The van der Waals surface area contributed by atoms with Crippen LogP contribution >= 0.6 is 0 Å². The normalized spacial score (nSPS) is 11.9. The number of hydrogen-bond acceptors (Lipinski definition) is 6. The topological polar surface area (TPSA) is 134 Å². The second-order valence-corrected chi connectivity index (χ2v) is 7.76. The van der Waals surface area contributed by atoms with Gasteiger partial charge in [-0.25, -0.2) is 4.79 Å². The predicted molar refractivity (Wildman–Crippen MR) is 122 cm³/mol. The van der Waals surface area contributed by atoms with Crippen LogP contribution in [0.1, 0.15) is 40.3 Å². The summed E-state index contributed by atoms with van der Waals surface area (Å²) in [5.41, 5.74) is 1.02. The van der Waals surface area contributed by atoms with Gasteiger partial charge in [0.15, 0.2) is 0 Å². The van der Waals surface area contributed by atoms with Crippen molar-refractivity contribution in [3.63, 3.8) is 0 Å². The summed E-state index contributed by atoms with van der Waals surface area (Å²) >= 11 is 0. The molecule has 0 radical (unpaired) electrons. The number of nitrogens with zero attached hydrogens (tertiary/aromatic N) is 2. The van der Waals surface area contributed by atoms with Crippen molar-refractivity contribution in [2.24, 2.45) is 7.05 Å². The van der Waals surface area contributed by atoms with Gasteiger partial charge in [-0.05, 0) is 44.2 Å². The number of carbonyl (C=O) groups is 2. The highest BCUT2D eigenvalue weighted by molar-refractivity contribution is 6.09. The zero-order valence-corrected chi connectivity index (χ0v) is 18.5. The van der Waals surface area contributed by atoms with Gasteiger partial charge in [0.2, 0.25) is 0 Å². The number of benzene rings is 2. The van der Waals surface area contributed by atoms with Crippen LogP contribution < -0.4 is 10.1 Å². The second kappa shape index (κ2) is 10.2. The summed E-state index contributed by atoms with van der Waals surface area (Å²) in [4.78, 5) is 24.5. The van der Waals surface area contributed by atoms with Gasteiger partial charge < -0.3 is 29.6 Å². The molecule has 0 aliphatic heterocycles. The molecule has 0 aliphatic rings. The smallest absolute Gasteiger partial charge is 0.337 e. The van der Waals surface area contributed by atoms with Gasteiger partial charge in [0, 0.05) is 12.4 Å². The van der Waals surface area contributed by atoms with Crippen molar-refractivity contribution in [1.82, 2.24) is 4.57 Å². The second-order valence-electron chi connectivity index (χ2n) is 7.76. The number of carboxylic acids is 1. The van der Waals surface area contributed by atoms with Crippen molar-refractivity contribution in [1.29, 1.82) is 5.26 Å². The molecule has 1 atom stereocenters. The molecule has 0 bridgehead atoms. The first-order chi connectivity index (χ1) is 15.7. The zero-order chi connectivity index (χ0) is 24.1. The molecule has 1 amide bonds. The first kappa shape index (κ1) is 23.8. The molecule has 3 rings (SSSR count). The van der Waals surface area contributed by atoms with Crippen LogP contribution in [0.4, 0.5) is 5.69 Å². The van der Waals surface area contributed by atoms with E-state index in [0.29, 0.717) is 11.3 Å². The summed E-state index contributed by atoms with van der Waals surface area (Å²) in [6, 6.07) is 12.9. The summed E-state index contributed by atoms with van der Waals surface area (Å²) in [6.07, 6.45) is -0.814. The third-order valence-electron chi connectivity index (χ3n) is 4.93. The van der Waals surface area contributed by atoms with E-state index in [1.54, 1.807) is 29.8 Å². The summed E-state index contributed by atoms with van der Waals surface area (Å²) in [7, 11) is 1.69. The number of anilines is 1. The first-order valence-electron chi connectivity index (χ1n) is 10.3. The first-order valence-corrected chi connectivity index (χ1v) is 10.3. The number of aromatic nitrogens is 1. The van der Waals surface area contributed by atoms with Crippen LogP contribution in [0.25, 0.3) is 10.9 Å². The fourth-order valence-electron chi connectivity index (χ4n) is 3.34. The lowest BCUT2D eigenvalue weighted by atomic mass is 10.1. The number of carboxylic acid groups (broad SMARTS) is 1. The predicted octanol–water partition coefficient (Wildman–Crippen LogP) is 3.17. The molecule has 9 nitrogen and oxygen atoms in total. The standard InChI is InChI=1S/C24H25N3O6/c1-14(2)32-12-17(28)13-33-21-6-4-5-16-10-20(27(3)22(16)21)23(29)26-19-8-7-15(11-25)9-18(19)24(30)31/h4-10,14,17,28H,12-13H2,1-3H3,(H,26,29)(H,30,31). The van der Waals surface area contributed by atoms with Crippen LogP contribution in [0.5, 0.6) is 5.75 Å². The number of carbonyl (C=O) groups excluding carboxylic acids is 1. The minimum Gasteiger partial charge on any atom is -0.489 e. The van der Waals surface area contributed by atoms with Crippen molar-refractivity contribution < 1.29 is 29.3 Å². The number of aliphatic hydroxyl groups excluding tert-OH is 1. The van der Waals surface area contributed by atoms with Crippen molar-refractivity contribution >= 4 is 28.5 Å². The summed E-state index contributed by atoms with van der Waals surface area (Å²) in [5.74, 6) is -1.28. The molecule has 1 unspecified atom stereocenters. The van der Waals surface area contributed by atoms with Crippen molar-refractivity contribution in [2.45, 2.75) is 26.1 Å². The lowest BCUT2D eigenvalue weighted by molar-refractivity contribution is -0.0121. The minimum absolute atomic E-state index is 0.00484. The van der Waals surface area contributed by atoms with E-state index in [4.69, 9.17) is 14.7 Å². The van der Waals surface area contributed by atoms with E-state index in [0.717, 1.165) is 5.39 Å². The number of ether oxygens (including phenoxy) is 2. The minimum atomic E-state index is -1.25. The Balaban J connectivity index is 1.84. The lowest BCUT2D eigenvalue weighted by Gasteiger charge is -2.15. The molecule has 0 aliphatic carbocycles. The van der Waals surface area contributed by atoms with Crippen LogP contribution in [0.3, 0.4) is 0 Å². The summed E-state index contributed by atoms with van der Waals surface area (Å²) in [5, 5.41) is 31.9. The van der Waals surface area contributed by atoms with Crippen molar-refractivity contribution in [2.75, 3.05) is 18.5 Å². The van der Waals surface area contributed by atoms with E-state index >= 15 is 0 Å². The van der Waals surface area contributed by atoms with Crippen LogP contribution in [0, 0.1) is 11.3 Å². The maximum atomic E-state index is 13.0. The highest BCUT2D eigenvalue weighted by atomic mass is 16.5. The molecule has 1 heterocycles. The maximum absolute atomic E-state index is 13.0. The monoisotopic (exact) mass is 451 g/mol. The summed E-state index contributed by atoms with van der Waals surface area (Å²) < 4.78 is 12.8. The fourth-order valence-corrected chi connectivity index (χ4v) is 3.34. The van der Waals surface area contributed by atoms with E-state index < -0.39 is 18.0 Å². The highest BCUT2D eigenvalue weighted by Crippen LogP contribution is 2.29. The molecule has 172 valence electrons. The van der Waals surface area contributed by atoms with Gasteiger partial charge in [0.05, 0.1) is 41.1 Å². The number of amides is 1. The van der Waals surface area contributed by atoms with Crippen LogP contribution in [-0.2, 0) is 11.8 Å². The number of fused-ring (bicyclic) bond motifs is 1. The number of nitrogens with one attached hydrogen (secondary N) is 1. The molecular weight excluding hydrogens is 426 g/mol. The number of hydrogen-bond donors (Lipinski definition) is 3. The number of aromatic carboxylic acids is 1. The van der Waals surface area contributed by atoms with E-state index in [-0.39, 0.29) is 41.8 Å². The molecule has 33 heavy (non-hydrogen) atoms. The fraction of sp³-hybridized carbons (Fsp3) is 0.292. The van der Waals surface area contributed by atoms with Gasteiger partial charge in [-0.3, -0.25) is 4.79 Å². The van der Waals surface area contributed by atoms with E-state index in [9.17, 15) is 19.8 Å². The quantitative estimate of drug-likeness (QED) is 0.455. The van der Waals surface area contributed by atoms with Gasteiger partial charge in [-0.1, -0.05) is 12.1 Å². The number of rotatable bonds is 9. The Morgan fingerprint density at radius 1 is 1.18 bits per heavy atom.